The fourth-order valence-electron chi connectivity index (χ4n) is 3.20. The molecule has 1 aliphatic heterocycles. The molecule has 1 radical (unpaired) electrons. The van der Waals surface area contributed by atoms with Gasteiger partial charge in [0.2, 0.25) is 0 Å². The molecule has 0 amide bonds. The third-order valence-electron chi connectivity index (χ3n) is 4.41. The Labute approximate surface area is 107 Å². The Morgan fingerprint density at radius 3 is 2.00 bits per heavy atom. The van der Waals surface area contributed by atoms with Gasteiger partial charge in [0.05, 0.1) is 13.2 Å². The summed E-state index contributed by atoms with van der Waals surface area (Å²) in [6, 6.07) is 0. The molecule has 1 heterocycles. The van der Waals surface area contributed by atoms with Gasteiger partial charge in [-0.3, -0.25) is 0 Å². The number of ether oxygens (including phenoxy) is 2. The van der Waals surface area contributed by atoms with E-state index in [1.807, 2.05) is 6.92 Å². The number of hydrogen-bond acceptors (Lipinski definition) is 2. The van der Waals surface area contributed by atoms with Crippen molar-refractivity contribution in [2.24, 2.45) is 5.92 Å². The molecule has 0 unspecified atom stereocenters. The maximum atomic E-state index is 5.65. The van der Waals surface area contributed by atoms with Crippen molar-refractivity contribution in [2.45, 2.75) is 70.3 Å². The van der Waals surface area contributed by atoms with Crippen LogP contribution in [0, 0.1) is 5.92 Å². The first-order chi connectivity index (χ1) is 7.91. The number of hydrogen-bond donors (Lipinski definition) is 0. The lowest BCUT2D eigenvalue weighted by Crippen LogP contribution is -2.42. The molecule has 0 aromatic rings. The fourth-order valence-corrected chi connectivity index (χ4v) is 3.20. The average molecular weight is 237 g/mol. The quantitative estimate of drug-likeness (QED) is 0.682. The first-order valence-corrected chi connectivity index (χ1v) is 7.01. The van der Waals surface area contributed by atoms with Crippen LogP contribution in [0.25, 0.3) is 0 Å². The highest BCUT2D eigenvalue weighted by molar-refractivity contribution is 6.44. The van der Waals surface area contributed by atoms with Crippen LogP contribution < -0.4 is 0 Å². The Morgan fingerprint density at radius 2 is 1.47 bits per heavy atom. The summed E-state index contributed by atoms with van der Waals surface area (Å²) < 4.78 is 11.3. The van der Waals surface area contributed by atoms with Crippen LogP contribution in [-0.2, 0) is 9.47 Å². The molecule has 1 saturated carbocycles. The first-order valence-electron chi connectivity index (χ1n) is 7.01. The third-order valence-corrected chi connectivity index (χ3v) is 4.41. The van der Waals surface area contributed by atoms with Crippen LogP contribution in [0.15, 0.2) is 0 Å². The fraction of sp³-hybridized carbons (Fsp3) is 1.00. The second kappa shape index (κ2) is 4.93. The van der Waals surface area contributed by atoms with Crippen molar-refractivity contribution in [3.05, 3.63) is 0 Å². The minimum absolute atomic E-state index is 0.0318. The molecule has 0 spiro atoms. The van der Waals surface area contributed by atoms with Gasteiger partial charge in [-0.25, -0.2) is 0 Å². The predicted molar refractivity (Wildman–Crippen MR) is 71.5 cm³/mol. The SMILES string of the molecule is CC1CCC(C)([B]C2(C)COC(C)OC2)CC1. The second-order valence-corrected chi connectivity index (χ2v) is 6.82. The van der Waals surface area contributed by atoms with Crippen LogP contribution >= 0.6 is 0 Å². The monoisotopic (exact) mass is 237 g/mol. The van der Waals surface area contributed by atoms with E-state index in [4.69, 9.17) is 9.47 Å². The molecule has 2 nitrogen and oxygen atoms in total. The van der Waals surface area contributed by atoms with E-state index in [1.54, 1.807) is 0 Å². The largest absolute Gasteiger partial charge is 0.353 e. The zero-order valence-electron chi connectivity index (χ0n) is 11.8. The molecule has 17 heavy (non-hydrogen) atoms. The topological polar surface area (TPSA) is 18.5 Å². The first kappa shape index (κ1) is 13.4. The van der Waals surface area contributed by atoms with Crippen LogP contribution in [0.3, 0.4) is 0 Å². The lowest BCUT2D eigenvalue weighted by molar-refractivity contribution is -0.183. The molecule has 0 N–H and O–H groups in total. The smallest absolute Gasteiger partial charge is 0.154 e. The summed E-state index contributed by atoms with van der Waals surface area (Å²) in [5.41, 5.74) is 0. The molecule has 0 aromatic heterocycles. The Balaban J connectivity index is 1.91. The maximum absolute atomic E-state index is 5.65. The summed E-state index contributed by atoms with van der Waals surface area (Å²) in [5, 5.41) is 0.483. The van der Waals surface area contributed by atoms with Gasteiger partial charge in [0.25, 0.3) is 0 Å². The van der Waals surface area contributed by atoms with E-state index in [2.05, 4.69) is 28.1 Å². The van der Waals surface area contributed by atoms with Gasteiger partial charge in [-0.2, -0.15) is 0 Å². The van der Waals surface area contributed by atoms with E-state index in [0.717, 1.165) is 19.1 Å². The van der Waals surface area contributed by atoms with Crippen LogP contribution in [0.2, 0.25) is 10.6 Å². The van der Waals surface area contributed by atoms with Gasteiger partial charge in [-0.1, -0.05) is 51.8 Å². The molecular weight excluding hydrogens is 211 g/mol. The summed E-state index contributed by atoms with van der Waals surface area (Å²) in [6.07, 6.45) is 5.33. The van der Waals surface area contributed by atoms with Crippen LogP contribution in [0.1, 0.15) is 53.4 Å². The van der Waals surface area contributed by atoms with Gasteiger partial charge in [-0.15, -0.1) is 0 Å². The maximum Gasteiger partial charge on any atom is 0.154 e. The van der Waals surface area contributed by atoms with Crippen LogP contribution in [0.4, 0.5) is 0 Å². The van der Waals surface area contributed by atoms with E-state index >= 15 is 0 Å². The van der Waals surface area contributed by atoms with E-state index in [0.29, 0.717) is 5.31 Å². The summed E-state index contributed by atoms with van der Waals surface area (Å²) in [4.78, 5) is 0. The molecule has 0 aromatic carbocycles. The molecule has 2 fully saturated rings. The van der Waals surface area contributed by atoms with Crippen molar-refractivity contribution in [3.8, 4) is 0 Å². The van der Waals surface area contributed by atoms with Crippen LogP contribution in [-0.4, -0.2) is 26.8 Å². The zero-order valence-corrected chi connectivity index (χ0v) is 11.8. The highest BCUT2D eigenvalue weighted by atomic mass is 16.7. The Hall–Kier alpha value is -0.0151. The van der Waals surface area contributed by atoms with E-state index in [-0.39, 0.29) is 11.6 Å². The van der Waals surface area contributed by atoms with Crippen molar-refractivity contribution < 1.29 is 9.47 Å². The molecular formula is C14H26BO2. The Morgan fingerprint density at radius 1 is 0.941 bits per heavy atom. The zero-order chi connectivity index (χ0) is 12.5. The molecule has 2 rings (SSSR count). The summed E-state index contributed by atoms with van der Waals surface area (Å²) in [5.74, 6) is 0.906. The molecule has 0 bridgehead atoms. The van der Waals surface area contributed by atoms with Crippen molar-refractivity contribution in [1.82, 2.24) is 0 Å². The molecule has 0 atom stereocenters. The van der Waals surface area contributed by atoms with Gasteiger partial charge in [0, 0.05) is 0 Å². The van der Waals surface area contributed by atoms with Crippen molar-refractivity contribution in [1.29, 1.82) is 0 Å². The predicted octanol–water partition coefficient (Wildman–Crippen LogP) is 3.65. The molecule has 97 valence electrons. The van der Waals surface area contributed by atoms with E-state index in [9.17, 15) is 0 Å². The van der Waals surface area contributed by atoms with Gasteiger partial charge in [0.1, 0.15) is 7.28 Å². The Kier molecular flexibility index (Phi) is 3.89. The molecule has 3 heteroatoms. The molecule has 1 saturated heterocycles. The van der Waals surface area contributed by atoms with E-state index in [1.165, 1.54) is 25.7 Å². The minimum atomic E-state index is -0.0318. The summed E-state index contributed by atoms with van der Waals surface area (Å²) in [7, 11) is 2.53. The lowest BCUT2D eigenvalue weighted by Gasteiger charge is -2.44. The minimum Gasteiger partial charge on any atom is -0.353 e. The van der Waals surface area contributed by atoms with E-state index < -0.39 is 0 Å². The van der Waals surface area contributed by atoms with Crippen LogP contribution in [0.5, 0.6) is 0 Å². The van der Waals surface area contributed by atoms with Gasteiger partial charge in [-0.05, 0) is 18.2 Å². The normalized spacial score (nSPS) is 47.8. The molecule has 2 aliphatic rings. The van der Waals surface area contributed by atoms with Crippen molar-refractivity contribution in [3.63, 3.8) is 0 Å². The number of rotatable bonds is 2. The Bertz CT molecular complexity index is 225. The summed E-state index contributed by atoms with van der Waals surface area (Å²) in [6.45, 7) is 10.6. The summed E-state index contributed by atoms with van der Waals surface area (Å²) >= 11 is 0. The average Bonchev–Trinajstić information content (AvgIpc) is 2.28. The third kappa shape index (κ3) is 3.48. The second-order valence-electron chi connectivity index (χ2n) is 6.82. The molecule has 1 aliphatic carbocycles. The van der Waals surface area contributed by atoms with Crippen molar-refractivity contribution >= 4 is 7.28 Å². The lowest BCUT2D eigenvalue weighted by atomic mass is 9.37. The van der Waals surface area contributed by atoms with Gasteiger partial charge < -0.3 is 9.47 Å². The highest BCUT2D eigenvalue weighted by Crippen LogP contribution is 2.49. The standard InChI is InChI=1S/C14H26BO2/c1-11-5-7-13(3,8-6-11)15-14(4)9-16-12(2)17-10-14/h11-12H,5-10H2,1-4H3. The van der Waals surface area contributed by atoms with Gasteiger partial charge >= 0.3 is 0 Å². The highest BCUT2D eigenvalue weighted by Gasteiger charge is 2.41. The van der Waals surface area contributed by atoms with Crippen molar-refractivity contribution in [2.75, 3.05) is 13.2 Å². The van der Waals surface area contributed by atoms with Gasteiger partial charge in [0.15, 0.2) is 6.29 Å².